The molecule has 2 amide bonds. The van der Waals surface area contributed by atoms with Crippen LogP contribution in [0.5, 0.6) is 0 Å². The van der Waals surface area contributed by atoms with E-state index in [0.29, 0.717) is 5.56 Å². The average molecular weight is 406 g/mol. The smallest absolute Gasteiger partial charge is 0.363 e. The molecule has 1 saturated heterocycles. The van der Waals surface area contributed by atoms with Gasteiger partial charge in [0, 0.05) is 5.56 Å². The molecule has 29 heavy (non-hydrogen) atoms. The van der Waals surface area contributed by atoms with E-state index in [-0.39, 0.29) is 5.56 Å². The van der Waals surface area contributed by atoms with E-state index < -0.39 is 35.7 Å². The molecule has 5 nitrogen and oxygen atoms in total. The summed E-state index contributed by atoms with van der Waals surface area (Å²) in [6.45, 7) is 3.70. The van der Waals surface area contributed by atoms with E-state index in [9.17, 15) is 27.9 Å². The van der Waals surface area contributed by atoms with Gasteiger partial charge in [-0.05, 0) is 24.5 Å². The van der Waals surface area contributed by atoms with Crippen LogP contribution < -0.4 is 10.6 Å². The number of Topliss-reactive ketones (excluding diaryl/α,β-unsaturated/α-hetero) is 1. The summed E-state index contributed by atoms with van der Waals surface area (Å²) in [6, 6.07) is 9.97. The third-order valence-electron chi connectivity index (χ3n) is 5.17. The van der Waals surface area contributed by atoms with Gasteiger partial charge in [0.2, 0.25) is 5.72 Å². The lowest BCUT2D eigenvalue weighted by Gasteiger charge is -2.45. The number of aryl methyl sites for hydroxylation is 2. The predicted molar refractivity (Wildman–Crippen MR) is 100 cm³/mol. The molecule has 2 aromatic rings. The summed E-state index contributed by atoms with van der Waals surface area (Å²) in [4.78, 5) is 25.1. The maximum absolute atomic E-state index is 13.9. The van der Waals surface area contributed by atoms with Gasteiger partial charge >= 0.3 is 12.2 Å². The number of urea groups is 1. The van der Waals surface area contributed by atoms with E-state index in [4.69, 9.17) is 0 Å². The van der Waals surface area contributed by atoms with E-state index in [0.717, 1.165) is 17.5 Å². The Balaban J connectivity index is 2.13. The van der Waals surface area contributed by atoms with Crippen molar-refractivity contribution in [2.45, 2.75) is 38.2 Å². The molecule has 3 N–H and O–H groups in total. The molecule has 0 radical (unpaired) electrons. The Kier molecular flexibility index (Phi) is 5.40. The Hall–Kier alpha value is -2.87. The summed E-state index contributed by atoms with van der Waals surface area (Å²) in [5, 5.41) is 14.4. The van der Waals surface area contributed by atoms with Crippen LogP contribution in [0, 0.1) is 12.8 Å². The van der Waals surface area contributed by atoms with Crippen molar-refractivity contribution < 1.29 is 27.9 Å². The number of aliphatic hydroxyl groups is 1. The van der Waals surface area contributed by atoms with Crippen molar-refractivity contribution >= 4 is 11.8 Å². The minimum Gasteiger partial charge on any atom is -0.363 e. The van der Waals surface area contributed by atoms with Gasteiger partial charge in [0.25, 0.3) is 0 Å². The standard InChI is InChI=1S/C21H21F3N2O3/c1-3-13-6-10-14(11-7-13)17-16(18(27)15-8-4-12(2)5-9-15)20(29,21(22,23)24)26-19(28)25-17/h4-11,16-17,29H,3H2,1-2H3,(H2,25,26,28)/t16-,17-,20+/m1/s1. The number of alkyl halides is 3. The number of carbonyl (C=O) groups excluding carboxylic acids is 2. The van der Waals surface area contributed by atoms with Gasteiger partial charge in [0.05, 0.1) is 6.04 Å². The Morgan fingerprint density at radius 1 is 1.10 bits per heavy atom. The van der Waals surface area contributed by atoms with Gasteiger partial charge in [0.15, 0.2) is 5.78 Å². The Morgan fingerprint density at radius 3 is 2.21 bits per heavy atom. The van der Waals surface area contributed by atoms with Gasteiger partial charge < -0.3 is 15.7 Å². The fourth-order valence-electron chi connectivity index (χ4n) is 3.47. The maximum atomic E-state index is 13.9. The van der Waals surface area contributed by atoms with E-state index >= 15 is 0 Å². The Labute approximate surface area is 165 Å². The summed E-state index contributed by atoms with van der Waals surface area (Å²) in [6.07, 6.45) is -4.55. The highest BCUT2D eigenvalue weighted by molar-refractivity contribution is 6.00. The minimum absolute atomic E-state index is 0.0106. The number of ketones is 1. The molecule has 3 rings (SSSR count). The SMILES string of the molecule is CCc1ccc([C@H]2NC(=O)N[C@@](O)(C(F)(F)F)[C@H]2C(=O)c2ccc(C)cc2)cc1. The summed E-state index contributed by atoms with van der Waals surface area (Å²) >= 11 is 0. The fourth-order valence-corrected chi connectivity index (χ4v) is 3.47. The van der Waals surface area contributed by atoms with Crippen LogP contribution in [-0.4, -0.2) is 28.8 Å². The lowest BCUT2D eigenvalue weighted by Crippen LogP contribution is -2.72. The molecule has 3 atom stereocenters. The van der Waals surface area contributed by atoms with Crippen molar-refractivity contribution in [3.8, 4) is 0 Å². The van der Waals surface area contributed by atoms with Crippen LogP contribution in [0.25, 0.3) is 0 Å². The number of halogens is 3. The number of rotatable bonds is 4. The van der Waals surface area contributed by atoms with Gasteiger partial charge in [0.1, 0.15) is 5.92 Å². The maximum Gasteiger partial charge on any atom is 0.437 e. The van der Waals surface area contributed by atoms with Crippen LogP contribution in [0.4, 0.5) is 18.0 Å². The van der Waals surface area contributed by atoms with Crippen molar-refractivity contribution in [1.82, 2.24) is 10.6 Å². The molecule has 1 fully saturated rings. The first-order valence-corrected chi connectivity index (χ1v) is 9.14. The number of hydrogen-bond donors (Lipinski definition) is 3. The van der Waals surface area contributed by atoms with E-state index in [1.165, 1.54) is 17.4 Å². The molecular formula is C21H21F3N2O3. The molecule has 2 aromatic carbocycles. The third-order valence-corrected chi connectivity index (χ3v) is 5.17. The zero-order valence-corrected chi connectivity index (χ0v) is 15.9. The van der Waals surface area contributed by atoms with Crippen molar-refractivity contribution in [3.63, 3.8) is 0 Å². The van der Waals surface area contributed by atoms with Crippen molar-refractivity contribution in [3.05, 3.63) is 70.8 Å². The van der Waals surface area contributed by atoms with Crippen molar-refractivity contribution in [2.24, 2.45) is 5.92 Å². The highest BCUT2D eigenvalue weighted by atomic mass is 19.4. The van der Waals surface area contributed by atoms with Crippen LogP contribution in [0.15, 0.2) is 48.5 Å². The average Bonchev–Trinajstić information content (AvgIpc) is 2.67. The summed E-state index contributed by atoms with van der Waals surface area (Å²) in [5.74, 6) is -2.95. The highest BCUT2D eigenvalue weighted by Crippen LogP contribution is 2.44. The largest absolute Gasteiger partial charge is 0.437 e. The molecule has 1 aliphatic rings. The summed E-state index contributed by atoms with van der Waals surface area (Å²) < 4.78 is 41.6. The third kappa shape index (κ3) is 3.85. The highest BCUT2D eigenvalue weighted by Gasteiger charge is 2.66. The van der Waals surface area contributed by atoms with Gasteiger partial charge in [-0.1, -0.05) is 61.0 Å². The van der Waals surface area contributed by atoms with Crippen molar-refractivity contribution in [1.29, 1.82) is 0 Å². The van der Waals surface area contributed by atoms with Gasteiger partial charge in [-0.2, -0.15) is 13.2 Å². The topological polar surface area (TPSA) is 78.4 Å². The predicted octanol–water partition coefficient (Wildman–Crippen LogP) is 3.66. The zero-order chi connectivity index (χ0) is 21.4. The number of amides is 2. The first-order valence-electron chi connectivity index (χ1n) is 9.14. The van der Waals surface area contributed by atoms with Gasteiger partial charge in [-0.3, -0.25) is 4.79 Å². The molecule has 1 heterocycles. The lowest BCUT2D eigenvalue weighted by molar-refractivity contribution is -0.287. The first kappa shape index (κ1) is 20.9. The lowest BCUT2D eigenvalue weighted by atomic mass is 9.77. The van der Waals surface area contributed by atoms with Gasteiger partial charge in [-0.15, -0.1) is 0 Å². The van der Waals surface area contributed by atoms with Crippen LogP contribution in [-0.2, 0) is 6.42 Å². The monoisotopic (exact) mass is 406 g/mol. The molecule has 0 saturated carbocycles. The number of carbonyl (C=O) groups is 2. The van der Waals surface area contributed by atoms with E-state index in [1.807, 2.05) is 6.92 Å². The second-order valence-electron chi connectivity index (χ2n) is 7.14. The Morgan fingerprint density at radius 2 is 1.69 bits per heavy atom. The van der Waals surface area contributed by atoms with Crippen LogP contribution in [0.1, 0.15) is 40.0 Å². The fraction of sp³-hybridized carbons (Fsp3) is 0.333. The second kappa shape index (κ2) is 7.51. The quantitative estimate of drug-likeness (QED) is 0.678. The second-order valence-corrected chi connectivity index (χ2v) is 7.14. The molecule has 8 heteroatoms. The van der Waals surface area contributed by atoms with Crippen molar-refractivity contribution in [2.75, 3.05) is 0 Å². The molecule has 154 valence electrons. The Bertz CT molecular complexity index is 910. The molecule has 0 spiro atoms. The number of hydrogen-bond acceptors (Lipinski definition) is 3. The molecular weight excluding hydrogens is 385 g/mol. The summed E-state index contributed by atoms with van der Waals surface area (Å²) in [7, 11) is 0. The van der Waals surface area contributed by atoms with Crippen LogP contribution >= 0.6 is 0 Å². The number of benzene rings is 2. The zero-order valence-electron chi connectivity index (χ0n) is 15.9. The first-order chi connectivity index (χ1) is 13.6. The van der Waals surface area contributed by atoms with Crippen LogP contribution in [0.3, 0.4) is 0 Å². The molecule has 0 bridgehead atoms. The van der Waals surface area contributed by atoms with Crippen LogP contribution in [0.2, 0.25) is 0 Å². The molecule has 0 unspecified atom stereocenters. The van der Waals surface area contributed by atoms with Gasteiger partial charge in [-0.25, -0.2) is 4.79 Å². The molecule has 0 aromatic heterocycles. The molecule has 1 aliphatic heterocycles. The van der Waals surface area contributed by atoms with E-state index in [1.54, 1.807) is 43.3 Å². The van der Waals surface area contributed by atoms with E-state index in [2.05, 4.69) is 5.32 Å². The molecule has 0 aliphatic carbocycles. The normalized spacial score (nSPS) is 24.6. The minimum atomic E-state index is -5.27. The number of nitrogens with one attached hydrogen (secondary N) is 2. The summed E-state index contributed by atoms with van der Waals surface area (Å²) in [5.41, 5.74) is -1.64.